The molecule has 0 bridgehead atoms. The van der Waals surface area contributed by atoms with Crippen molar-refractivity contribution in [1.82, 2.24) is 4.72 Å². The normalized spacial score (nSPS) is 11.7. The molecular weight excluding hydrogens is 314 g/mol. The highest BCUT2D eigenvalue weighted by atomic mass is 35.5. The molecule has 0 heterocycles. The first-order valence-electron chi connectivity index (χ1n) is 6.81. The summed E-state index contributed by atoms with van der Waals surface area (Å²) in [6.45, 7) is 1.91. The van der Waals surface area contributed by atoms with Gasteiger partial charge in [0.05, 0.1) is 18.1 Å². The molecule has 0 aromatic heterocycles. The van der Waals surface area contributed by atoms with Crippen molar-refractivity contribution in [1.29, 1.82) is 0 Å². The van der Waals surface area contributed by atoms with Gasteiger partial charge in [-0.15, -0.1) is 11.6 Å². The van der Waals surface area contributed by atoms with Crippen molar-refractivity contribution in [2.75, 3.05) is 39.4 Å². The molecule has 0 spiro atoms. The summed E-state index contributed by atoms with van der Waals surface area (Å²) in [5.74, 6) is 0.521. The van der Waals surface area contributed by atoms with Crippen LogP contribution < -0.4 is 4.72 Å². The molecule has 0 amide bonds. The number of sulfonamides is 1. The summed E-state index contributed by atoms with van der Waals surface area (Å²) >= 11 is 5.65. The molecule has 1 N–H and O–H groups in total. The van der Waals surface area contributed by atoms with Crippen LogP contribution in [0.5, 0.6) is 0 Å². The predicted octanol–water partition coefficient (Wildman–Crippen LogP) is 1.80. The second kappa shape index (κ2) is 10.1. The number of aryl methyl sites for hydroxylation is 1. The summed E-state index contributed by atoms with van der Waals surface area (Å²) in [4.78, 5) is 0.265. The Balaban J connectivity index is 2.35. The van der Waals surface area contributed by atoms with E-state index in [1.807, 2.05) is 0 Å². The molecule has 0 unspecified atom stereocenters. The number of benzene rings is 1. The minimum atomic E-state index is -3.45. The molecule has 120 valence electrons. The van der Waals surface area contributed by atoms with Gasteiger partial charge in [0, 0.05) is 26.1 Å². The number of hydrogen-bond acceptors (Lipinski definition) is 4. The van der Waals surface area contributed by atoms with E-state index in [-0.39, 0.29) is 4.90 Å². The topological polar surface area (TPSA) is 64.6 Å². The van der Waals surface area contributed by atoms with Gasteiger partial charge in [0.25, 0.3) is 0 Å². The van der Waals surface area contributed by atoms with E-state index in [4.69, 9.17) is 21.1 Å². The number of nitrogens with one attached hydrogen (secondary N) is 1. The van der Waals surface area contributed by atoms with Gasteiger partial charge in [-0.25, -0.2) is 13.1 Å². The SMILES string of the molecule is COCCOCCCNS(=O)(=O)c1ccc(CCCl)cc1. The Bertz CT molecular complexity index is 490. The molecule has 0 aliphatic rings. The van der Waals surface area contributed by atoms with E-state index in [9.17, 15) is 8.42 Å². The van der Waals surface area contributed by atoms with Crippen molar-refractivity contribution in [3.63, 3.8) is 0 Å². The molecule has 0 aliphatic carbocycles. The summed E-state index contributed by atoms with van der Waals surface area (Å²) < 4.78 is 36.7. The second-order valence-corrected chi connectivity index (χ2v) is 6.58. The van der Waals surface area contributed by atoms with Crippen LogP contribution in [-0.2, 0) is 25.9 Å². The molecule has 0 atom stereocenters. The highest BCUT2D eigenvalue weighted by Gasteiger charge is 2.12. The van der Waals surface area contributed by atoms with Gasteiger partial charge in [0.15, 0.2) is 0 Å². The lowest BCUT2D eigenvalue weighted by molar-refractivity contribution is 0.0699. The monoisotopic (exact) mass is 335 g/mol. The largest absolute Gasteiger partial charge is 0.382 e. The van der Waals surface area contributed by atoms with Crippen LogP contribution >= 0.6 is 11.6 Å². The summed E-state index contributed by atoms with van der Waals surface area (Å²) in [6, 6.07) is 6.76. The molecule has 5 nitrogen and oxygen atoms in total. The van der Waals surface area contributed by atoms with Crippen LogP contribution in [0.3, 0.4) is 0 Å². The summed E-state index contributed by atoms with van der Waals surface area (Å²) in [5.41, 5.74) is 1.02. The number of methoxy groups -OCH3 is 1. The molecule has 7 heteroatoms. The lowest BCUT2D eigenvalue weighted by Gasteiger charge is -2.08. The van der Waals surface area contributed by atoms with Crippen LogP contribution in [0, 0.1) is 0 Å². The van der Waals surface area contributed by atoms with Crippen LogP contribution in [0.4, 0.5) is 0 Å². The van der Waals surface area contributed by atoms with Gasteiger partial charge in [-0.05, 0) is 30.5 Å². The maximum atomic E-state index is 12.0. The van der Waals surface area contributed by atoms with E-state index in [1.165, 1.54) is 0 Å². The van der Waals surface area contributed by atoms with E-state index >= 15 is 0 Å². The number of ether oxygens (including phenoxy) is 2. The Morgan fingerprint density at radius 2 is 1.86 bits per heavy atom. The number of alkyl halides is 1. The van der Waals surface area contributed by atoms with Crippen LogP contribution in [0.2, 0.25) is 0 Å². The molecule has 0 saturated heterocycles. The van der Waals surface area contributed by atoms with Crippen LogP contribution in [-0.4, -0.2) is 47.8 Å². The van der Waals surface area contributed by atoms with E-state index in [1.54, 1.807) is 31.4 Å². The van der Waals surface area contributed by atoms with Crippen molar-refractivity contribution in [3.8, 4) is 0 Å². The quantitative estimate of drug-likeness (QED) is 0.494. The molecule has 0 fully saturated rings. The Hall–Kier alpha value is -0.660. The molecular formula is C14H22ClNO4S. The third kappa shape index (κ3) is 7.24. The maximum absolute atomic E-state index is 12.0. The standard InChI is InChI=1S/C14H22ClNO4S/c1-19-11-12-20-10-2-9-16-21(17,18)14-5-3-13(4-6-14)7-8-15/h3-6,16H,2,7-12H2,1H3. The first-order valence-corrected chi connectivity index (χ1v) is 8.83. The molecule has 21 heavy (non-hydrogen) atoms. The fraction of sp³-hybridized carbons (Fsp3) is 0.571. The van der Waals surface area contributed by atoms with Crippen molar-refractivity contribution < 1.29 is 17.9 Å². The molecule has 1 aromatic rings. The Labute approximate surface area is 131 Å². The second-order valence-electron chi connectivity index (χ2n) is 4.44. The lowest BCUT2D eigenvalue weighted by Crippen LogP contribution is -2.25. The van der Waals surface area contributed by atoms with Crippen molar-refractivity contribution >= 4 is 21.6 Å². The number of rotatable bonds is 11. The third-order valence-electron chi connectivity index (χ3n) is 2.81. The molecule has 0 saturated carbocycles. The maximum Gasteiger partial charge on any atom is 0.240 e. The summed E-state index contributed by atoms with van der Waals surface area (Å²) in [6.07, 6.45) is 1.35. The van der Waals surface area contributed by atoms with Gasteiger partial charge in [0.2, 0.25) is 10.0 Å². The average molecular weight is 336 g/mol. The molecule has 1 aromatic carbocycles. The van der Waals surface area contributed by atoms with Crippen LogP contribution in [0.25, 0.3) is 0 Å². The Kier molecular flexibility index (Phi) is 8.87. The number of hydrogen-bond donors (Lipinski definition) is 1. The first kappa shape index (κ1) is 18.4. The van der Waals surface area contributed by atoms with Crippen molar-refractivity contribution in [3.05, 3.63) is 29.8 Å². The average Bonchev–Trinajstić information content (AvgIpc) is 2.47. The Morgan fingerprint density at radius 3 is 2.48 bits per heavy atom. The smallest absolute Gasteiger partial charge is 0.240 e. The van der Waals surface area contributed by atoms with E-state index in [0.717, 1.165) is 12.0 Å². The summed E-state index contributed by atoms with van der Waals surface area (Å²) in [7, 11) is -1.85. The Morgan fingerprint density at radius 1 is 1.14 bits per heavy atom. The lowest BCUT2D eigenvalue weighted by atomic mass is 10.2. The van der Waals surface area contributed by atoms with Gasteiger partial charge in [-0.3, -0.25) is 0 Å². The summed E-state index contributed by atoms with van der Waals surface area (Å²) in [5, 5.41) is 0. The van der Waals surface area contributed by atoms with E-state index < -0.39 is 10.0 Å². The minimum absolute atomic E-state index is 0.265. The molecule has 1 rings (SSSR count). The van der Waals surface area contributed by atoms with Crippen molar-refractivity contribution in [2.45, 2.75) is 17.7 Å². The molecule has 0 aliphatic heterocycles. The van der Waals surface area contributed by atoms with Gasteiger partial charge >= 0.3 is 0 Å². The van der Waals surface area contributed by atoms with Gasteiger partial charge < -0.3 is 9.47 Å². The van der Waals surface area contributed by atoms with E-state index in [0.29, 0.717) is 38.7 Å². The highest BCUT2D eigenvalue weighted by Crippen LogP contribution is 2.11. The third-order valence-corrected chi connectivity index (χ3v) is 4.47. The van der Waals surface area contributed by atoms with Crippen LogP contribution in [0.1, 0.15) is 12.0 Å². The van der Waals surface area contributed by atoms with Gasteiger partial charge in [-0.1, -0.05) is 12.1 Å². The fourth-order valence-corrected chi connectivity index (χ4v) is 2.95. The van der Waals surface area contributed by atoms with Crippen molar-refractivity contribution in [2.24, 2.45) is 0 Å². The van der Waals surface area contributed by atoms with E-state index in [2.05, 4.69) is 4.72 Å². The zero-order valence-electron chi connectivity index (χ0n) is 12.2. The zero-order chi connectivity index (χ0) is 15.6. The van der Waals surface area contributed by atoms with Gasteiger partial charge in [0.1, 0.15) is 0 Å². The number of halogens is 1. The zero-order valence-corrected chi connectivity index (χ0v) is 13.8. The minimum Gasteiger partial charge on any atom is -0.382 e. The molecule has 0 radical (unpaired) electrons. The first-order chi connectivity index (χ1) is 10.1. The highest BCUT2D eigenvalue weighted by molar-refractivity contribution is 7.89. The van der Waals surface area contributed by atoms with Crippen LogP contribution in [0.15, 0.2) is 29.2 Å². The fourth-order valence-electron chi connectivity index (χ4n) is 1.65. The predicted molar refractivity (Wildman–Crippen MR) is 83.4 cm³/mol. The van der Waals surface area contributed by atoms with Gasteiger partial charge in [-0.2, -0.15) is 0 Å².